The average Bonchev–Trinajstić information content (AvgIpc) is 2.45. The monoisotopic (exact) mass is 284 g/mol. The number of carbonyl (C=O) groups excluding carboxylic acids is 1. The van der Waals surface area contributed by atoms with Crippen LogP contribution >= 0.6 is 0 Å². The van der Waals surface area contributed by atoms with Gasteiger partial charge in [-0.3, -0.25) is 4.79 Å². The Kier molecular flexibility index (Phi) is 4.42. The van der Waals surface area contributed by atoms with Crippen molar-refractivity contribution < 1.29 is 14.3 Å². The average molecular weight is 284 g/mol. The van der Waals surface area contributed by atoms with Crippen LogP contribution in [0.1, 0.15) is 40.0 Å². The van der Waals surface area contributed by atoms with Gasteiger partial charge in [-0.25, -0.2) is 0 Å². The van der Waals surface area contributed by atoms with E-state index in [2.05, 4.69) is 5.32 Å². The van der Waals surface area contributed by atoms with E-state index in [1.54, 1.807) is 7.11 Å². The fourth-order valence-corrected chi connectivity index (χ4v) is 3.80. The molecular formula is C15H28N2O3. The van der Waals surface area contributed by atoms with E-state index in [-0.39, 0.29) is 29.4 Å². The fraction of sp³-hybridized carbons (Fsp3) is 0.933. The Morgan fingerprint density at radius 1 is 1.55 bits per heavy atom. The normalized spacial score (nSPS) is 36.6. The van der Waals surface area contributed by atoms with Gasteiger partial charge in [0.2, 0.25) is 5.91 Å². The van der Waals surface area contributed by atoms with Crippen molar-refractivity contribution in [1.82, 2.24) is 5.32 Å². The van der Waals surface area contributed by atoms with Crippen molar-refractivity contribution >= 4 is 5.91 Å². The molecule has 2 fully saturated rings. The van der Waals surface area contributed by atoms with Gasteiger partial charge in [0.05, 0.1) is 18.8 Å². The molecule has 1 amide bonds. The summed E-state index contributed by atoms with van der Waals surface area (Å²) in [6.45, 7) is 7.41. The smallest absolute Gasteiger partial charge is 0.241 e. The Labute approximate surface area is 121 Å². The first kappa shape index (κ1) is 15.7. The molecule has 0 aromatic carbocycles. The summed E-state index contributed by atoms with van der Waals surface area (Å²) in [6, 6.07) is 0.0206. The lowest BCUT2D eigenvalue weighted by molar-refractivity contribution is -0.225. The van der Waals surface area contributed by atoms with Gasteiger partial charge in [-0.05, 0) is 19.3 Å². The van der Waals surface area contributed by atoms with Crippen molar-refractivity contribution in [1.29, 1.82) is 0 Å². The largest absolute Gasteiger partial charge is 0.383 e. The number of carbonyl (C=O) groups is 1. The summed E-state index contributed by atoms with van der Waals surface area (Å²) in [5.74, 6) is 0.0736. The minimum Gasteiger partial charge on any atom is -0.383 e. The first-order chi connectivity index (χ1) is 9.39. The first-order valence-corrected chi connectivity index (χ1v) is 7.60. The van der Waals surface area contributed by atoms with E-state index >= 15 is 0 Å². The van der Waals surface area contributed by atoms with Crippen LogP contribution in [0.15, 0.2) is 0 Å². The lowest BCUT2D eigenvalue weighted by Gasteiger charge is -2.65. The molecule has 0 aromatic rings. The van der Waals surface area contributed by atoms with Gasteiger partial charge < -0.3 is 20.5 Å². The molecule has 1 aliphatic carbocycles. The molecule has 0 bridgehead atoms. The molecule has 1 heterocycles. The molecule has 5 nitrogen and oxygen atoms in total. The van der Waals surface area contributed by atoms with Crippen molar-refractivity contribution in [3.63, 3.8) is 0 Å². The second-order valence-corrected chi connectivity index (χ2v) is 6.66. The van der Waals surface area contributed by atoms with E-state index in [4.69, 9.17) is 15.2 Å². The number of hydrogen-bond donors (Lipinski definition) is 2. The van der Waals surface area contributed by atoms with Crippen LogP contribution in [-0.2, 0) is 14.3 Å². The quantitative estimate of drug-likeness (QED) is 0.792. The van der Waals surface area contributed by atoms with Crippen LogP contribution in [0.3, 0.4) is 0 Å². The van der Waals surface area contributed by atoms with Gasteiger partial charge in [-0.1, -0.05) is 20.8 Å². The lowest BCUT2D eigenvalue weighted by Crippen LogP contribution is -2.82. The summed E-state index contributed by atoms with van der Waals surface area (Å²) in [7, 11) is 1.64. The van der Waals surface area contributed by atoms with Crippen LogP contribution in [0.25, 0.3) is 0 Å². The van der Waals surface area contributed by atoms with Gasteiger partial charge in [0.15, 0.2) is 0 Å². The summed E-state index contributed by atoms with van der Waals surface area (Å²) in [6.07, 6.45) is 2.90. The molecule has 1 saturated carbocycles. The Morgan fingerprint density at radius 2 is 2.25 bits per heavy atom. The van der Waals surface area contributed by atoms with E-state index in [1.165, 1.54) is 0 Å². The van der Waals surface area contributed by atoms with Gasteiger partial charge in [0.1, 0.15) is 5.54 Å². The molecule has 0 aromatic heterocycles. The summed E-state index contributed by atoms with van der Waals surface area (Å²) in [4.78, 5) is 12.7. The minimum atomic E-state index is -0.834. The molecule has 0 radical (unpaired) electrons. The summed E-state index contributed by atoms with van der Waals surface area (Å²) < 4.78 is 11.0. The minimum absolute atomic E-state index is 0.0206. The first-order valence-electron chi connectivity index (χ1n) is 7.60. The lowest BCUT2D eigenvalue weighted by atomic mass is 9.46. The molecule has 5 heteroatoms. The number of methoxy groups -OCH3 is 1. The van der Waals surface area contributed by atoms with Crippen LogP contribution in [0.4, 0.5) is 0 Å². The van der Waals surface area contributed by atoms with Crippen molar-refractivity contribution in [3.8, 4) is 0 Å². The third-order valence-corrected chi connectivity index (χ3v) is 5.26. The molecule has 1 saturated heterocycles. The fourth-order valence-electron chi connectivity index (χ4n) is 3.80. The predicted molar refractivity (Wildman–Crippen MR) is 77.3 cm³/mol. The number of fused-ring (bicyclic) bond motifs is 1. The number of nitrogens with one attached hydrogen (secondary N) is 1. The Bertz CT molecular complexity index is 372. The predicted octanol–water partition coefficient (Wildman–Crippen LogP) is 1.06. The van der Waals surface area contributed by atoms with Crippen LogP contribution in [0.5, 0.6) is 0 Å². The standard InChI is InChI=1S/C15H28N2O3/c1-5-10(9-19-4)17-13(18)15(16)11-7-6-8-20-12(11)14(15,2)3/h10-12H,5-9,16H2,1-4H3,(H,17,18). The Balaban J connectivity index is 2.11. The zero-order valence-electron chi connectivity index (χ0n) is 13.1. The highest BCUT2D eigenvalue weighted by atomic mass is 16.5. The van der Waals surface area contributed by atoms with E-state index < -0.39 is 5.54 Å². The number of nitrogens with two attached hydrogens (primary N) is 1. The number of amides is 1. The van der Waals surface area contributed by atoms with Gasteiger partial charge in [0.25, 0.3) is 0 Å². The number of hydrogen-bond acceptors (Lipinski definition) is 4. The molecule has 116 valence electrons. The van der Waals surface area contributed by atoms with Crippen LogP contribution in [0.2, 0.25) is 0 Å². The molecule has 1 aliphatic heterocycles. The van der Waals surface area contributed by atoms with Crippen molar-refractivity contribution in [3.05, 3.63) is 0 Å². The van der Waals surface area contributed by atoms with Crippen molar-refractivity contribution in [2.24, 2.45) is 17.1 Å². The highest BCUT2D eigenvalue weighted by molar-refractivity contribution is 5.89. The van der Waals surface area contributed by atoms with E-state index in [1.807, 2.05) is 20.8 Å². The van der Waals surface area contributed by atoms with Gasteiger partial charge in [0, 0.05) is 25.0 Å². The molecular weight excluding hydrogens is 256 g/mol. The molecule has 0 spiro atoms. The van der Waals surface area contributed by atoms with Crippen molar-refractivity contribution in [2.75, 3.05) is 20.3 Å². The van der Waals surface area contributed by atoms with Crippen molar-refractivity contribution in [2.45, 2.75) is 57.7 Å². The number of ether oxygens (including phenoxy) is 2. The van der Waals surface area contributed by atoms with Crippen LogP contribution in [-0.4, -0.2) is 43.9 Å². The molecule has 2 rings (SSSR count). The summed E-state index contributed by atoms with van der Waals surface area (Å²) in [5, 5.41) is 3.05. The second kappa shape index (κ2) is 5.62. The SMILES string of the molecule is CCC(COC)NC(=O)C1(N)C2CCCOC2C1(C)C. The maximum Gasteiger partial charge on any atom is 0.241 e. The molecule has 3 N–H and O–H groups in total. The maximum atomic E-state index is 12.7. The van der Waals surface area contributed by atoms with Gasteiger partial charge in [-0.15, -0.1) is 0 Å². The second-order valence-electron chi connectivity index (χ2n) is 6.66. The van der Waals surface area contributed by atoms with Crippen LogP contribution < -0.4 is 11.1 Å². The Morgan fingerprint density at radius 3 is 2.85 bits per heavy atom. The third kappa shape index (κ3) is 2.16. The van der Waals surface area contributed by atoms with E-state index in [0.717, 1.165) is 25.9 Å². The Hall–Kier alpha value is -0.650. The summed E-state index contributed by atoms with van der Waals surface area (Å²) in [5.41, 5.74) is 5.39. The molecule has 4 unspecified atom stereocenters. The summed E-state index contributed by atoms with van der Waals surface area (Å²) >= 11 is 0. The van der Waals surface area contributed by atoms with Gasteiger partial charge in [-0.2, -0.15) is 0 Å². The highest BCUT2D eigenvalue weighted by Crippen LogP contribution is 2.57. The topological polar surface area (TPSA) is 73.6 Å². The number of rotatable bonds is 5. The maximum absolute atomic E-state index is 12.7. The van der Waals surface area contributed by atoms with E-state index in [9.17, 15) is 4.79 Å². The van der Waals surface area contributed by atoms with E-state index in [0.29, 0.717) is 6.61 Å². The van der Waals surface area contributed by atoms with Gasteiger partial charge >= 0.3 is 0 Å². The molecule has 2 aliphatic rings. The molecule has 4 atom stereocenters. The highest BCUT2D eigenvalue weighted by Gasteiger charge is 2.70. The zero-order chi connectivity index (χ0) is 15.0. The zero-order valence-corrected chi connectivity index (χ0v) is 13.1. The van der Waals surface area contributed by atoms with Crippen LogP contribution in [0, 0.1) is 11.3 Å². The third-order valence-electron chi connectivity index (χ3n) is 5.26. The molecule has 20 heavy (non-hydrogen) atoms.